The Balaban J connectivity index is 2.27. The molecule has 0 amide bonds. The molecule has 0 aliphatic carbocycles. The lowest BCUT2D eigenvalue weighted by atomic mass is 9.82. The molecule has 0 spiro atoms. The van der Waals surface area contributed by atoms with E-state index in [0.717, 1.165) is 16.9 Å². The molecule has 1 aliphatic heterocycles. The van der Waals surface area contributed by atoms with Gasteiger partial charge in [0, 0.05) is 34.7 Å². The first-order chi connectivity index (χ1) is 8.65. The highest BCUT2D eigenvalue weighted by Gasteiger charge is 2.35. The van der Waals surface area contributed by atoms with Crippen LogP contribution < -0.4 is 4.90 Å². The van der Waals surface area contributed by atoms with Gasteiger partial charge in [-0.1, -0.05) is 47.4 Å². The van der Waals surface area contributed by atoms with Crippen LogP contribution in [-0.2, 0) is 5.33 Å². The quantitative estimate of drug-likeness (QED) is 0.681. The highest BCUT2D eigenvalue weighted by molar-refractivity contribution is 9.08. The minimum atomic E-state index is 0.506. The van der Waals surface area contributed by atoms with E-state index >= 15 is 0 Å². The molecule has 1 aliphatic rings. The minimum absolute atomic E-state index is 0.506. The summed E-state index contributed by atoms with van der Waals surface area (Å²) in [5, 5.41) is 1.69. The first-order valence-electron chi connectivity index (χ1n) is 6.74. The van der Waals surface area contributed by atoms with E-state index < -0.39 is 0 Å². The first-order valence-corrected chi connectivity index (χ1v) is 8.24. The van der Waals surface area contributed by atoms with E-state index in [1.54, 1.807) is 0 Å². The number of anilines is 1. The Morgan fingerprint density at radius 2 is 2.06 bits per heavy atom. The minimum Gasteiger partial charge on any atom is -0.371 e. The number of hydrogen-bond acceptors (Lipinski definition) is 1. The summed E-state index contributed by atoms with van der Waals surface area (Å²) in [6.07, 6.45) is 3.84. The molecule has 1 nitrogen and oxygen atoms in total. The molecule has 2 rings (SSSR count). The predicted molar refractivity (Wildman–Crippen MR) is 83.9 cm³/mol. The van der Waals surface area contributed by atoms with Crippen molar-refractivity contribution >= 4 is 33.2 Å². The number of rotatable bonds is 4. The third kappa shape index (κ3) is 2.55. The SMILES string of the molecule is CCC1(CC)CCN(c2cccc(Cl)c2CBr)C1. The molecule has 0 atom stereocenters. The summed E-state index contributed by atoms with van der Waals surface area (Å²) in [7, 11) is 0. The van der Waals surface area contributed by atoms with E-state index in [-0.39, 0.29) is 0 Å². The Hall–Kier alpha value is -0.210. The van der Waals surface area contributed by atoms with E-state index in [4.69, 9.17) is 11.6 Å². The fourth-order valence-corrected chi connectivity index (χ4v) is 3.93. The van der Waals surface area contributed by atoms with E-state index in [2.05, 4.69) is 46.8 Å². The van der Waals surface area contributed by atoms with Crippen molar-refractivity contribution in [3.63, 3.8) is 0 Å². The van der Waals surface area contributed by atoms with Crippen LogP contribution >= 0.6 is 27.5 Å². The van der Waals surface area contributed by atoms with Gasteiger partial charge in [-0.15, -0.1) is 0 Å². The molecule has 1 fully saturated rings. The van der Waals surface area contributed by atoms with Gasteiger partial charge in [0.15, 0.2) is 0 Å². The second kappa shape index (κ2) is 5.83. The summed E-state index contributed by atoms with van der Waals surface area (Å²) >= 11 is 9.85. The summed E-state index contributed by atoms with van der Waals surface area (Å²) in [4.78, 5) is 2.51. The smallest absolute Gasteiger partial charge is 0.0467 e. The maximum absolute atomic E-state index is 6.29. The third-order valence-corrected chi connectivity index (χ3v) is 5.42. The van der Waals surface area contributed by atoms with Crippen molar-refractivity contribution in [2.24, 2.45) is 5.41 Å². The van der Waals surface area contributed by atoms with Crippen LogP contribution in [-0.4, -0.2) is 13.1 Å². The zero-order valence-electron chi connectivity index (χ0n) is 11.2. The molecular formula is C15H21BrClN. The molecule has 1 aromatic rings. The summed E-state index contributed by atoms with van der Waals surface area (Å²) in [6.45, 7) is 6.95. The highest BCUT2D eigenvalue weighted by atomic mass is 79.9. The lowest BCUT2D eigenvalue weighted by Gasteiger charge is -2.28. The van der Waals surface area contributed by atoms with Crippen LogP contribution in [0.2, 0.25) is 5.02 Å². The van der Waals surface area contributed by atoms with Gasteiger partial charge >= 0.3 is 0 Å². The molecule has 0 N–H and O–H groups in total. The van der Waals surface area contributed by atoms with Gasteiger partial charge in [-0.05, 0) is 36.8 Å². The maximum Gasteiger partial charge on any atom is 0.0467 e. The van der Waals surface area contributed by atoms with Crippen molar-refractivity contribution < 1.29 is 0 Å². The Morgan fingerprint density at radius 3 is 2.61 bits per heavy atom. The van der Waals surface area contributed by atoms with E-state index in [0.29, 0.717) is 5.41 Å². The van der Waals surface area contributed by atoms with Crippen LogP contribution in [0.25, 0.3) is 0 Å². The lowest BCUT2D eigenvalue weighted by molar-refractivity contribution is 0.301. The van der Waals surface area contributed by atoms with Crippen molar-refractivity contribution in [2.45, 2.75) is 38.4 Å². The topological polar surface area (TPSA) is 3.24 Å². The fourth-order valence-electron chi connectivity index (χ4n) is 2.94. The number of hydrogen-bond donors (Lipinski definition) is 0. The Morgan fingerprint density at radius 1 is 1.33 bits per heavy atom. The van der Waals surface area contributed by atoms with Crippen molar-refractivity contribution in [1.29, 1.82) is 0 Å². The van der Waals surface area contributed by atoms with Gasteiger partial charge in [0.25, 0.3) is 0 Å². The molecule has 1 aromatic carbocycles. The maximum atomic E-state index is 6.29. The van der Waals surface area contributed by atoms with Gasteiger partial charge in [0.2, 0.25) is 0 Å². The van der Waals surface area contributed by atoms with E-state index in [9.17, 15) is 0 Å². The average Bonchev–Trinajstić information content (AvgIpc) is 2.83. The molecule has 0 saturated carbocycles. The van der Waals surface area contributed by atoms with Crippen LogP contribution in [0.3, 0.4) is 0 Å². The molecule has 0 radical (unpaired) electrons. The number of halogens is 2. The monoisotopic (exact) mass is 329 g/mol. The van der Waals surface area contributed by atoms with Crippen LogP contribution in [0.5, 0.6) is 0 Å². The Labute approximate surface area is 124 Å². The van der Waals surface area contributed by atoms with Crippen LogP contribution in [0.1, 0.15) is 38.7 Å². The Bertz CT molecular complexity index is 415. The van der Waals surface area contributed by atoms with Crippen molar-refractivity contribution in [1.82, 2.24) is 0 Å². The summed E-state index contributed by atoms with van der Waals surface area (Å²) in [6, 6.07) is 6.23. The van der Waals surface area contributed by atoms with Gasteiger partial charge in [-0.3, -0.25) is 0 Å². The largest absolute Gasteiger partial charge is 0.371 e. The Kier molecular flexibility index (Phi) is 4.60. The van der Waals surface area contributed by atoms with Gasteiger partial charge in [-0.25, -0.2) is 0 Å². The van der Waals surface area contributed by atoms with Gasteiger partial charge in [0.05, 0.1) is 0 Å². The first kappa shape index (κ1) is 14.2. The van der Waals surface area contributed by atoms with Crippen LogP contribution in [0.15, 0.2) is 18.2 Å². The zero-order chi connectivity index (χ0) is 13.2. The number of benzene rings is 1. The predicted octanol–water partition coefficient (Wildman–Crippen LogP) is 5.25. The molecule has 0 aromatic heterocycles. The standard InChI is InChI=1S/C15H21BrClN/c1-3-15(4-2)8-9-18(11-15)14-7-5-6-13(17)12(14)10-16/h5-7H,3-4,8-11H2,1-2H3. The molecule has 18 heavy (non-hydrogen) atoms. The molecule has 1 heterocycles. The highest BCUT2D eigenvalue weighted by Crippen LogP contribution is 2.41. The average molecular weight is 331 g/mol. The molecule has 100 valence electrons. The van der Waals surface area contributed by atoms with Gasteiger partial charge < -0.3 is 4.90 Å². The van der Waals surface area contributed by atoms with Gasteiger partial charge in [-0.2, -0.15) is 0 Å². The molecular weight excluding hydrogens is 310 g/mol. The summed E-state index contributed by atoms with van der Waals surface area (Å²) in [5.74, 6) is 0. The van der Waals surface area contributed by atoms with Gasteiger partial charge in [0.1, 0.15) is 0 Å². The summed E-state index contributed by atoms with van der Waals surface area (Å²) < 4.78 is 0. The second-order valence-electron chi connectivity index (χ2n) is 5.25. The molecule has 0 unspecified atom stereocenters. The third-order valence-electron chi connectivity index (χ3n) is 4.51. The molecule has 3 heteroatoms. The summed E-state index contributed by atoms with van der Waals surface area (Å²) in [5.41, 5.74) is 3.04. The fraction of sp³-hybridized carbons (Fsp3) is 0.600. The zero-order valence-corrected chi connectivity index (χ0v) is 13.5. The second-order valence-corrected chi connectivity index (χ2v) is 6.22. The normalized spacial score (nSPS) is 18.3. The molecule has 0 bridgehead atoms. The van der Waals surface area contributed by atoms with Crippen LogP contribution in [0, 0.1) is 5.41 Å². The van der Waals surface area contributed by atoms with E-state index in [1.807, 2.05) is 6.07 Å². The van der Waals surface area contributed by atoms with Crippen molar-refractivity contribution in [2.75, 3.05) is 18.0 Å². The van der Waals surface area contributed by atoms with E-state index in [1.165, 1.54) is 37.1 Å². The number of nitrogens with zero attached hydrogens (tertiary/aromatic N) is 1. The lowest BCUT2D eigenvalue weighted by Crippen LogP contribution is -2.26. The van der Waals surface area contributed by atoms with Crippen LogP contribution in [0.4, 0.5) is 5.69 Å². The van der Waals surface area contributed by atoms with Crippen molar-refractivity contribution in [3.05, 3.63) is 28.8 Å². The number of alkyl halides is 1. The van der Waals surface area contributed by atoms with Crippen molar-refractivity contribution in [3.8, 4) is 0 Å². The molecule has 1 saturated heterocycles.